The molecule has 1 aromatic carbocycles. The highest BCUT2D eigenvalue weighted by Gasteiger charge is 2.22. The third-order valence-electron chi connectivity index (χ3n) is 2.34. The minimum absolute atomic E-state index is 0.343. The molecule has 0 spiro atoms. The number of rotatable bonds is 5. The fourth-order valence-corrected chi connectivity index (χ4v) is 1.22. The Morgan fingerprint density at radius 1 is 1.06 bits per heavy atom. The van der Waals surface area contributed by atoms with E-state index in [1.807, 2.05) is 30.3 Å². The molecule has 3 rings (SSSR count). The van der Waals surface area contributed by atoms with Crippen molar-refractivity contribution in [3.63, 3.8) is 0 Å². The second-order valence-electron chi connectivity index (χ2n) is 3.99. The van der Waals surface area contributed by atoms with Crippen molar-refractivity contribution in [3.05, 3.63) is 30.3 Å². The molecule has 2 aliphatic rings. The first kappa shape index (κ1) is 12.4. The summed E-state index contributed by atoms with van der Waals surface area (Å²) in [6.45, 7) is 3.20. The molecular weight excluding hydrogens is 220 g/mol. The van der Waals surface area contributed by atoms with Crippen LogP contribution < -0.4 is 4.74 Å². The van der Waals surface area contributed by atoms with Crippen molar-refractivity contribution >= 4 is 0 Å². The van der Waals surface area contributed by atoms with Gasteiger partial charge in [0.1, 0.15) is 24.6 Å². The highest BCUT2D eigenvalue weighted by Crippen LogP contribution is 2.13. The van der Waals surface area contributed by atoms with Crippen LogP contribution in [-0.2, 0) is 14.2 Å². The summed E-state index contributed by atoms with van der Waals surface area (Å²) >= 11 is 0. The van der Waals surface area contributed by atoms with Gasteiger partial charge >= 0.3 is 0 Å². The average molecular weight is 238 g/mol. The molecule has 0 aliphatic carbocycles. The lowest BCUT2D eigenvalue weighted by molar-refractivity contribution is 0.171. The van der Waals surface area contributed by atoms with Gasteiger partial charge in [0.05, 0.1) is 19.8 Å². The molecule has 0 radical (unpaired) electrons. The minimum Gasteiger partial charge on any atom is -0.491 e. The monoisotopic (exact) mass is 238 g/mol. The SMILES string of the molecule is COCC1CO1.c1ccc(OCC2CO2)cc1. The Morgan fingerprint density at radius 3 is 2.12 bits per heavy atom. The summed E-state index contributed by atoms with van der Waals surface area (Å²) in [5, 5.41) is 0. The van der Waals surface area contributed by atoms with Gasteiger partial charge in [-0.2, -0.15) is 0 Å². The predicted molar refractivity (Wildman–Crippen MR) is 63.3 cm³/mol. The van der Waals surface area contributed by atoms with Gasteiger partial charge < -0.3 is 18.9 Å². The summed E-state index contributed by atoms with van der Waals surface area (Å²) in [4.78, 5) is 0. The fourth-order valence-electron chi connectivity index (χ4n) is 1.22. The lowest BCUT2D eigenvalue weighted by atomic mass is 10.3. The normalized spacial score (nSPS) is 24.5. The molecule has 4 nitrogen and oxygen atoms in total. The van der Waals surface area contributed by atoms with Crippen molar-refractivity contribution in [1.29, 1.82) is 0 Å². The van der Waals surface area contributed by atoms with Crippen LogP contribution >= 0.6 is 0 Å². The lowest BCUT2D eigenvalue weighted by Crippen LogP contribution is -2.03. The predicted octanol–water partition coefficient (Wildman–Crippen LogP) is 1.50. The molecule has 1 aromatic rings. The zero-order chi connectivity index (χ0) is 11.9. The molecule has 0 N–H and O–H groups in total. The van der Waals surface area contributed by atoms with Crippen LogP contribution in [0.1, 0.15) is 0 Å². The number of epoxide rings is 2. The van der Waals surface area contributed by atoms with Gasteiger partial charge in [-0.15, -0.1) is 0 Å². The number of benzene rings is 1. The third kappa shape index (κ3) is 5.68. The van der Waals surface area contributed by atoms with Crippen LogP contribution in [0.4, 0.5) is 0 Å². The second-order valence-corrected chi connectivity index (χ2v) is 3.99. The van der Waals surface area contributed by atoms with E-state index in [0.29, 0.717) is 18.8 Å². The fraction of sp³-hybridized carbons (Fsp3) is 0.538. The zero-order valence-corrected chi connectivity index (χ0v) is 10.0. The summed E-state index contributed by atoms with van der Waals surface area (Å²) in [5.41, 5.74) is 0. The summed E-state index contributed by atoms with van der Waals surface area (Å²) in [5.74, 6) is 0.919. The standard InChI is InChI=1S/C9H10O2.C4H8O2/c1-2-4-8(5-3-1)10-6-9-7-11-9;1-5-2-4-3-6-4/h1-5,9H,6-7H2;4H,2-3H2,1H3. The van der Waals surface area contributed by atoms with Crippen molar-refractivity contribution in [2.45, 2.75) is 12.2 Å². The van der Waals surface area contributed by atoms with Crippen LogP contribution in [0.25, 0.3) is 0 Å². The molecule has 0 amide bonds. The van der Waals surface area contributed by atoms with E-state index in [9.17, 15) is 0 Å². The Morgan fingerprint density at radius 2 is 1.65 bits per heavy atom. The quantitative estimate of drug-likeness (QED) is 0.729. The largest absolute Gasteiger partial charge is 0.491 e. The van der Waals surface area contributed by atoms with Gasteiger partial charge in [-0.3, -0.25) is 0 Å². The van der Waals surface area contributed by atoms with Gasteiger partial charge in [0.2, 0.25) is 0 Å². The number of hydrogen-bond donors (Lipinski definition) is 0. The lowest BCUT2D eigenvalue weighted by Gasteiger charge is -2.01. The van der Waals surface area contributed by atoms with Gasteiger partial charge in [0, 0.05) is 7.11 Å². The van der Waals surface area contributed by atoms with Crippen LogP contribution in [-0.4, -0.2) is 45.7 Å². The van der Waals surface area contributed by atoms with Crippen LogP contribution in [0.5, 0.6) is 5.75 Å². The summed E-state index contributed by atoms with van der Waals surface area (Å²) in [6.07, 6.45) is 0.769. The molecule has 2 saturated heterocycles. The van der Waals surface area contributed by atoms with Gasteiger partial charge in [-0.05, 0) is 12.1 Å². The van der Waals surface area contributed by atoms with E-state index in [-0.39, 0.29) is 0 Å². The Balaban J connectivity index is 0.000000153. The van der Waals surface area contributed by atoms with E-state index >= 15 is 0 Å². The van der Waals surface area contributed by atoms with Crippen molar-refractivity contribution in [2.75, 3.05) is 33.5 Å². The molecule has 2 heterocycles. The topological polar surface area (TPSA) is 43.5 Å². The summed E-state index contributed by atoms with van der Waals surface area (Å²) in [7, 11) is 1.68. The smallest absolute Gasteiger partial charge is 0.119 e. The van der Waals surface area contributed by atoms with Crippen LogP contribution in [0.15, 0.2) is 30.3 Å². The second kappa shape index (κ2) is 6.59. The molecular formula is C13H18O4. The molecule has 2 fully saturated rings. The third-order valence-corrected chi connectivity index (χ3v) is 2.34. The number of hydrogen-bond acceptors (Lipinski definition) is 4. The molecule has 0 bridgehead atoms. The molecule has 0 aromatic heterocycles. The van der Waals surface area contributed by atoms with E-state index in [2.05, 4.69) is 0 Å². The minimum atomic E-state index is 0.343. The summed E-state index contributed by atoms with van der Waals surface area (Å²) < 4.78 is 20.0. The zero-order valence-electron chi connectivity index (χ0n) is 10.0. The number of methoxy groups -OCH3 is 1. The highest BCUT2D eigenvalue weighted by atomic mass is 16.6. The number of ether oxygens (including phenoxy) is 4. The first-order valence-corrected chi connectivity index (χ1v) is 5.78. The first-order valence-electron chi connectivity index (χ1n) is 5.78. The Kier molecular flexibility index (Phi) is 4.79. The van der Waals surface area contributed by atoms with E-state index in [4.69, 9.17) is 18.9 Å². The molecule has 94 valence electrons. The van der Waals surface area contributed by atoms with E-state index in [1.165, 1.54) is 0 Å². The first-order chi connectivity index (χ1) is 8.38. The highest BCUT2D eigenvalue weighted by molar-refractivity contribution is 5.20. The Hall–Kier alpha value is -1.10. The van der Waals surface area contributed by atoms with Crippen molar-refractivity contribution < 1.29 is 18.9 Å². The van der Waals surface area contributed by atoms with Crippen molar-refractivity contribution in [2.24, 2.45) is 0 Å². The van der Waals surface area contributed by atoms with Gasteiger partial charge in [-0.25, -0.2) is 0 Å². The maximum Gasteiger partial charge on any atom is 0.119 e. The van der Waals surface area contributed by atoms with Gasteiger partial charge in [0.25, 0.3) is 0 Å². The maximum atomic E-state index is 5.40. The van der Waals surface area contributed by atoms with Gasteiger partial charge in [0.15, 0.2) is 0 Å². The molecule has 4 heteroatoms. The molecule has 17 heavy (non-hydrogen) atoms. The average Bonchev–Trinajstić information content (AvgIpc) is 3.24. The molecule has 2 aliphatic heterocycles. The van der Waals surface area contributed by atoms with Crippen LogP contribution in [0.3, 0.4) is 0 Å². The van der Waals surface area contributed by atoms with E-state index < -0.39 is 0 Å². The number of para-hydroxylation sites is 1. The van der Waals surface area contributed by atoms with Crippen molar-refractivity contribution in [3.8, 4) is 5.75 Å². The Bertz CT molecular complexity index is 306. The van der Waals surface area contributed by atoms with E-state index in [1.54, 1.807) is 7.11 Å². The van der Waals surface area contributed by atoms with E-state index in [0.717, 1.165) is 25.6 Å². The van der Waals surface area contributed by atoms with Crippen molar-refractivity contribution in [1.82, 2.24) is 0 Å². The summed E-state index contributed by atoms with van der Waals surface area (Å²) in [6, 6.07) is 9.79. The molecule has 2 unspecified atom stereocenters. The van der Waals surface area contributed by atoms with Gasteiger partial charge in [-0.1, -0.05) is 18.2 Å². The maximum absolute atomic E-state index is 5.40. The molecule has 2 atom stereocenters. The molecule has 0 saturated carbocycles. The Labute approximate surface area is 101 Å². The van der Waals surface area contributed by atoms with Crippen LogP contribution in [0, 0.1) is 0 Å². The van der Waals surface area contributed by atoms with Crippen LogP contribution in [0.2, 0.25) is 0 Å².